The first-order chi connectivity index (χ1) is 7.29. The van der Waals surface area contributed by atoms with E-state index in [0.29, 0.717) is 5.56 Å². The second-order valence-corrected chi connectivity index (χ2v) is 4.60. The molecular weight excluding hydrogens is 303 g/mol. The van der Waals surface area contributed by atoms with Crippen molar-refractivity contribution in [2.24, 2.45) is 0 Å². The monoisotopic (exact) mass is 310 g/mol. The molecule has 0 saturated heterocycles. The van der Waals surface area contributed by atoms with Crippen molar-refractivity contribution in [2.45, 2.75) is 6.42 Å². The van der Waals surface area contributed by atoms with Crippen LogP contribution in [0.4, 0.5) is 0 Å². The van der Waals surface area contributed by atoms with Gasteiger partial charge in [-0.1, -0.05) is 12.1 Å². The lowest BCUT2D eigenvalue weighted by Gasteiger charge is -1.99. The first-order valence-electron chi connectivity index (χ1n) is 4.61. The normalized spacial score (nSPS) is 12.3. The van der Waals surface area contributed by atoms with E-state index in [9.17, 15) is 4.79 Å². The van der Waals surface area contributed by atoms with Gasteiger partial charge in [0.1, 0.15) is 9.99 Å². The minimum atomic E-state index is 0.714. The number of halogens is 1. The Morgan fingerprint density at radius 1 is 1.47 bits per heavy atom. The number of aromatic nitrogens is 2. The fraction of sp³-hybridized carbons (Fsp3) is 0.0909. The molecule has 1 N–H and O–H groups in total. The van der Waals surface area contributed by atoms with E-state index in [4.69, 9.17) is 0 Å². The van der Waals surface area contributed by atoms with Crippen molar-refractivity contribution in [3.8, 4) is 11.3 Å². The molecule has 4 heteroatoms. The Kier molecular flexibility index (Phi) is 1.92. The van der Waals surface area contributed by atoms with Crippen LogP contribution in [0.3, 0.4) is 0 Å². The van der Waals surface area contributed by atoms with Crippen LogP contribution in [0.5, 0.6) is 0 Å². The number of nitrogens with one attached hydrogen (secondary N) is 1. The van der Waals surface area contributed by atoms with Crippen molar-refractivity contribution >= 4 is 28.9 Å². The number of hydrogen-bond donors (Lipinski definition) is 1. The second-order valence-electron chi connectivity index (χ2n) is 3.58. The zero-order chi connectivity index (χ0) is 10.4. The number of aromatic amines is 1. The van der Waals surface area contributed by atoms with Gasteiger partial charge in [-0.25, -0.2) is 0 Å². The van der Waals surface area contributed by atoms with Crippen molar-refractivity contribution in [1.29, 1.82) is 0 Å². The Labute approximate surface area is 100 Å². The van der Waals surface area contributed by atoms with Gasteiger partial charge < -0.3 is 0 Å². The van der Waals surface area contributed by atoms with Crippen LogP contribution in [0.25, 0.3) is 11.3 Å². The van der Waals surface area contributed by atoms with Crippen LogP contribution in [-0.2, 0) is 6.42 Å². The van der Waals surface area contributed by atoms with Crippen LogP contribution in [0.2, 0.25) is 0 Å². The minimum absolute atomic E-state index is 0.714. The molecule has 1 aromatic carbocycles. The summed E-state index contributed by atoms with van der Waals surface area (Å²) in [6.07, 6.45) is 1.79. The number of carbonyl (C=O) groups excluding carboxylic acids is 1. The lowest BCUT2D eigenvalue weighted by atomic mass is 10.1. The molecule has 0 bridgehead atoms. The van der Waals surface area contributed by atoms with Crippen molar-refractivity contribution < 1.29 is 4.79 Å². The summed E-state index contributed by atoms with van der Waals surface area (Å²) in [4.78, 5) is 10.7. The molecule has 0 saturated carbocycles. The number of nitrogens with zero attached hydrogens (tertiary/aromatic N) is 1. The maximum absolute atomic E-state index is 10.7. The van der Waals surface area contributed by atoms with Gasteiger partial charge in [-0.2, -0.15) is 5.10 Å². The summed E-state index contributed by atoms with van der Waals surface area (Å²) in [6, 6.07) is 5.80. The van der Waals surface area contributed by atoms with Crippen LogP contribution in [0.1, 0.15) is 21.5 Å². The number of benzene rings is 1. The van der Waals surface area contributed by atoms with E-state index in [0.717, 1.165) is 27.7 Å². The van der Waals surface area contributed by atoms with E-state index in [2.05, 4.69) is 32.8 Å². The fourth-order valence-corrected chi connectivity index (χ4v) is 2.55. The van der Waals surface area contributed by atoms with E-state index in [1.807, 2.05) is 18.2 Å². The van der Waals surface area contributed by atoms with Gasteiger partial charge >= 0.3 is 0 Å². The second kappa shape index (κ2) is 3.16. The van der Waals surface area contributed by atoms with Crippen molar-refractivity contribution in [3.05, 3.63) is 38.6 Å². The number of hydrogen-bond acceptors (Lipinski definition) is 2. The molecule has 2 aromatic rings. The highest BCUT2D eigenvalue weighted by Crippen LogP contribution is 2.37. The first kappa shape index (κ1) is 9.08. The summed E-state index contributed by atoms with van der Waals surface area (Å²) in [5.74, 6) is 0. The number of rotatable bonds is 1. The molecular formula is C11H7IN2O. The van der Waals surface area contributed by atoms with E-state index >= 15 is 0 Å². The molecule has 1 aromatic heterocycles. The predicted molar refractivity (Wildman–Crippen MR) is 64.9 cm³/mol. The Hall–Kier alpha value is -1.17. The fourth-order valence-electron chi connectivity index (χ4n) is 1.97. The van der Waals surface area contributed by atoms with Gasteiger partial charge in [-0.3, -0.25) is 9.89 Å². The predicted octanol–water partition coefficient (Wildman–Crippen LogP) is 2.40. The van der Waals surface area contributed by atoms with E-state index in [1.54, 1.807) is 0 Å². The summed E-state index contributed by atoms with van der Waals surface area (Å²) in [5.41, 5.74) is 5.41. The Balaban J connectivity index is 2.25. The molecule has 1 aliphatic carbocycles. The number of carbonyl (C=O) groups is 1. The zero-order valence-corrected chi connectivity index (χ0v) is 9.91. The minimum Gasteiger partial charge on any atom is -0.298 e. The van der Waals surface area contributed by atoms with Gasteiger partial charge in [0, 0.05) is 23.1 Å². The maximum atomic E-state index is 10.7. The molecule has 0 unspecified atom stereocenters. The van der Waals surface area contributed by atoms with Gasteiger partial charge in [-0.05, 0) is 34.2 Å². The SMILES string of the molecule is O=Cc1ccc2c(c1)-c1[nH]nc(I)c1C2. The van der Waals surface area contributed by atoms with Gasteiger partial charge in [0.25, 0.3) is 0 Å². The standard InChI is InChI=1S/C11H7IN2O/c12-11-9-4-7-2-1-6(5-15)3-8(7)10(9)13-14-11/h1-3,5H,4H2,(H,13,14). The van der Waals surface area contributed by atoms with E-state index < -0.39 is 0 Å². The van der Waals surface area contributed by atoms with Crippen LogP contribution in [0, 0.1) is 3.70 Å². The molecule has 0 spiro atoms. The van der Waals surface area contributed by atoms with Gasteiger partial charge in [0.15, 0.2) is 0 Å². The van der Waals surface area contributed by atoms with Crippen molar-refractivity contribution in [1.82, 2.24) is 10.2 Å². The number of aldehydes is 1. The summed E-state index contributed by atoms with van der Waals surface area (Å²) in [6.45, 7) is 0. The molecule has 3 rings (SSSR count). The lowest BCUT2D eigenvalue weighted by molar-refractivity contribution is 0.112. The largest absolute Gasteiger partial charge is 0.298 e. The number of fused-ring (bicyclic) bond motifs is 3. The molecule has 74 valence electrons. The van der Waals surface area contributed by atoms with Crippen LogP contribution >= 0.6 is 22.6 Å². The topological polar surface area (TPSA) is 45.8 Å². The average Bonchev–Trinajstić information content (AvgIpc) is 2.78. The first-order valence-corrected chi connectivity index (χ1v) is 5.68. The van der Waals surface area contributed by atoms with Gasteiger partial charge in [-0.15, -0.1) is 0 Å². The maximum Gasteiger partial charge on any atom is 0.150 e. The molecule has 1 aliphatic rings. The third-order valence-electron chi connectivity index (χ3n) is 2.72. The quantitative estimate of drug-likeness (QED) is 0.554. The molecule has 0 fully saturated rings. The summed E-state index contributed by atoms with van der Waals surface area (Å²) in [5, 5.41) is 7.19. The highest BCUT2D eigenvalue weighted by molar-refractivity contribution is 14.1. The lowest BCUT2D eigenvalue weighted by Crippen LogP contribution is -1.87. The highest BCUT2D eigenvalue weighted by atomic mass is 127. The smallest absolute Gasteiger partial charge is 0.150 e. The Morgan fingerprint density at radius 2 is 2.33 bits per heavy atom. The van der Waals surface area contributed by atoms with E-state index in [-0.39, 0.29) is 0 Å². The molecule has 0 amide bonds. The molecule has 0 aliphatic heterocycles. The number of H-pyrrole nitrogens is 1. The van der Waals surface area contributed by atoms with Crippen molar-refractivity contribution in [3.63, 3.8) is 0 Å². The van der Waals surface area contributed by atoms with Crippen LogP contribution < -0.4 is 0 Å². The third-order valence-corrected chi connectivity index (χ3v) is 3.62. The average molecular weight is 310 g/mol. The Morgan fingerprint density at radius 3 is 3.13 bits per heavy atom. The molecule has 15 heavy (non-hydrogen) atoms. The summed E-state index contributed by atoms with van der Waals surface area (Å²) in [7, 11) is 0. The zero-order valence-electron chi connectivity index (χ0n) is 7.75. The third kappa shape index (κ3) is 1.24. The van der Waals surface area contributed by atoms with Crippen LogP contribution in [0.15, 0.2) is 18.2 Å². The van der Waals surface area contributed by atoms with Crippen LogP contribution in [-0.4, -0.2) is 16.5 Å². The van der Waals surface area contributed by atoms with Gasteiger partial charge in [0.05, 0.1) is 5.69 Å². The van der Waals surface area contributed by atoms with Crippen molar-refractivity contribution in [2.75, 3.05) is 0 Å². The highest BCUT2D eigenvalue weighted by Gasteiger charge is 2.23. The molecule has 3 nitrogen and oxygen atoms in total. The van der Waals surface area contributed by atoms with E-state index in [1.165, 1.54) is 11.1 Å². The molecule has 1 heterocycles. The summed E-state index contributed by atoms with van der Waals surface area (Å²) < 4.78 is 1.02. The Bertz CT molecular complexity index is 560. The molecule has 0 atom stereocenters. The van der Waals surface area contributed by atoms with Gasteiger partial charge in [0.2, 0.25) is 0 Å². The molecule has 0 radical (unpaired) electrons. The summed E-state index contributed by atoms with van der Waals surface area (Å²) >= 11 is 2.23.